The average molecular weight is 2140 g/mol. The van der Waals surface area contributed by atoms with Gasteiger partial charge in [-0.3, -0.25) is 73.5 Å². The van der Waals surface area contributed by atoms with E-state index in [1.165, 1.54) is 63.8 Å². The van der Waals surface area contributed by atoms with Crippen molar-refractivity contribution in [1.29, 1.82) is 0 Å². The fourth-order valence-electron chi connectivity index (χ4n) is 16.2. The highest BCUT2D eigenvalue weighted by atomic mass is 32.7. The number of aromatic amines is 2. The molecule has 13 N–H and O–H groups in total. The molecule has 0 aliphatic carbocycles. The number of nitrogens with one attached hydrogen (secondary N) is 2. The number of nitrogens with zero attached hydrogens (tertiary/aromatic N) is 21. The number of ketones is 1. The van der Waals surface area contributed by atoms with E-state index in [4.69, 9.17) is 159 Å². The molecule has 11 aromatic heterocycles. The summed E-state index contributed by atoms with van der Waals surface area (Å²) in [6.07, 6.45) is -27.9. The second-order valence-electron chi connectivity index (χ2n) is 31.0. The number of hydrogen-bond acceptors (Lipinski definition) is 45. The number of alkyl halides is 6. The summed E-state index contributed by atoms with van der Waals surface area (Å²) in [4.78, 5) is 158. The van der Waals surface area contributed by atoms with Crippen molar-refractivity contribution in [2.75, 3.05) is 51.1 Å². The standard InChI is InChI=1S/C22H24F2N8O10P2S2.C21H23F2N9O9P2S2.C21H23F2N9O8P2S2.CH4/c1-7-28-19-15(20(34)29-7)27-6-32(19)22-13(24)17-10(40-22)4-38-43(35,45)41-16-9(3-37-44(36,46)42-17)39-21(12(16)23)31-5-26-14-8(33)2-11(25)30-18(14)31;1-7-29-18-13(19(33)30-7)28-6-32(18)21-11(23)15-9(39-21)3-37-42(34,44)40-14-8(2-36-43(35,45)41-15)38-20(10(14)22)31-5-27-12-16(24)25-4-26-17(12)31;1-8-13-18(27-4-25-8)31(6-29-13)20-11(22)15-9(37-20)2-35-42(34,44)40-16-10(3-36-41(33,43)39-15)38-21(12(16)23)32-7-30-14-17(24)26-5-28-19(14)32;/h5-6,9-10,12-13,16-17,21-22H,2-4H2,1H3,(H2,25,30)(H,35,45)(H,36,46)(H,28,29,34);4-6,8-11,14-15,20-21H,2-3H2,1H3,(H,34,44)(H,35,45)(H2,24,25,26)(H,29,30,33);4-7,9-12,15-16,20-21H,2-3H2,1H3,(H,33,43)(H,34,44)(H2,24,26,28);1H4/t9-,10-,12-,13-,16-,17-,21-,22-,43?,44?;8-,9-,10-,11-,14-,15-,20-,21-,42?,43?;9-,10-,11-,12-,15-,16-,20-,21-,41?,42?;/m111./s1. The number of nitrogen functional groups attached to an aromatic ring is 2. The van der Waals surface area contributed by atoms with Crippen LogP contribution in [-0.2, 0) is 146 Å². The highest BCUT2D eigenvalue weighted by molar-refractivity contribution is 8.44. The highest BCUT2D eigenvalue weighted by Gasteiger charge is 2.59. The Kier molecular flexibility index (Phi) is 27.6. The molecule has 30 atom stereocenters. The molecule has 0 amide bonds. The van der Waals surface area contributed by atoms with Crippen LogP contribution >= 0.6 is 52.6 Å². The van der Waals surface area contributed by atoms with Crippen molar-refractivity contribution in [1.82, 2.24) is 107 Å². The van der Waals surface area contributed by atoms with Gasteiger partial charge < -0.3 is 103 Å². The van der Waals surface area contributed by atoms with Crippen molar-refractivity contribution in [2.45, 2.75) is 182 Å². The molecule has 9 fully saturated rings. The summed E-state index contributed by atoms with van der Waals surface area (Å²) in [5.41, 5.74) is 18.1. The van der Waals surface area contributed by atoms with Crippen LogP contribution in [0, 0.1) is 20.8 Å². The second-order valence-corrected chi connectivity index (χ2v) is 47.8. The Morgan fingerprint density at radius 3 is 1.01 bits per heavy atom. The van der Waals surface area contributed by atoms with Crippen LogP contribution < -0.4 is 28.3 Å². The van der Waals surface area contributed by atoms with Crippen molar-refractivity contribution < 1.29 is 143 Å². The van der Waals surface area contributed by atoms with E-state index >= 15 is 26.3 Å². The van der Waals surface area contributed by atoms with Crippen molar-refractivity contribution in [3.8, 4) is 0 Å². The molecule has 0 bridgehead atoms. The van der Waals surface area contributed by atoms with Crippen molar-refractivity contribution in [3.05, 3.63) is 101 Å². The number of fused-ring (bicyclic) bond motifs is 12. The van der Waals surface area contributed by atoms with Gasteiger partial charge in [-0.1, -0.05) is 19.7 Å². The molecule has 21 rings (SSSR count). The molecule has 53 nitrogen and oxygen atoms in total. The zero-order chi connectivity index (χ0) is 95.5. The summed E-state index contributed by atoms with van der Waals surface area (Å²) >= 11 is 29.8. The zero-order valence-electron chi connectivity index (χ0n) is 68.3. The summed E-state index contributed by atoms with van der Waals surface area (Å²) < 4.78 is 218. The SMILES string of the molecule is C.Cc1nc2c(ncn2[C@@H]2O[C@@H]3COP(O)(=S)O[C@H]4[C@@H](F)[C@H](n5cnc6c(N)ncnc65)O[C@@H]4COP(O)(=S)O[C@H]3[C@H]2F)c(=O)[nH]1.Cc1nc2c(ncn2[C@@H]2O[C@@H]3COP(O)(=S)O[C@H]4[C@@H](F)[C@H](n5cnc6c5N=C(N)CC6=O)O[C@@H]4COP(O)(=S)O[C@H]3[C@H]2F)c(=O)[nH]1.Cc1ncnc2c1ncn2[C@@H]1O[C@@H]2COP(O)(=S)O[C@H]3[C@@H](F)[C@H](n4cnc5c(N)ncnc54)O[C@@H]3COP(=O)(S)O[C@H]2[C@H]1F. The Morgan fingerprint density at radius 2 is 0.669 bits per heavy atom. The lowest BCUT2D eigenvalue weighted by Crippen LogP contribution is -2.37. The molecule has 11 aromatic rings. The van der Waals surface area contributed by atoms with Crippen LogP contribution in [0.2, 0.25) is 0 Å². The Hall–Kier alpha value is -7.21. The molecule has 6 unspecified atom stereocenters. The molecule has 71 heteroatoms. The molecule has 9 saturated heterocycles. The second kappa shape index (κ2) is 37.9. The number of H-pyrrole nitrogens is 2. The molecule has 0 saturated carbocycles. The first-order valence-electron chi connectivity index (χ1n) is 39.5. The van der Waals surface area contributed by atoms with Crippen molar-refractivity contribution >= 4 is 197 Å². The Labute approximate surface area is 786 Å². The Morgan fingerprint density at radius 1 is 0.390 bits per heavy atom. The molecule has 734 valence electrons. The number of rotatable bonds is 6. The number of aromatic nitrogens is 22. The summed E-state index contributed by atoms with van der Waals surface area (Å²) in [5, 5.41) is 0. The first-order chi connectivity index (χ1) is 63.9. The van der Waals surface area contributed by atoms with E-state index in [1.54, 1.807) is 6.92 Å². The number of aliphatic imine (C=N–C) groups is 1. The lowest BCUT2D eigenvalue weighted by Gasteiger charge is -2.29. The molecule has 21 heterocycles. The van der Waals surface area contributed by atoms with Gasteiger partial charge in [-0.2, -0.15) is 0 Å². The third kappa shape index (κ3) is 19.3. The van der Waals surface area contributed by atoms with Gasteiger partial charge in [-0.15, -0.1) is 0 Å². The molecule has 136 heavy (non-hydrogen) atoms. The smallest absolute Gasteiger partial charge is 0.386 e. The number of carbonyl (C=O) groups excluding carboxylic acids is 1. The maximum Gasteiger partial charge on any atom is 0.386 e. The van der Waals surface area contributed by atoms with E-state index in [0.29, 0.717) is 11.2 Å². The first-order valence-corrected chi connectivity index (χ1v) is 55.1. The maximum absolute atomic E-state index is 16.0. The number of hydrogen-bond donors (Lipinski definition) is 11. The van der Waals surface area contributed by atoms with Gasteiger partial charge in [0.1, 0.15) is 126 Å². The van der Waals surface area contributed by atoms with Gasteiger partial charge >= 0.3 is 40.4 Å². The molecule has 0 aromatic carbocycles. The fraction of sp³-hybridized carbons (Fsp3) is 0.538. The number of amidine groups is 1. The van der Waals surface area contributed by atoms with Gasteiger partial charge in [0.25, 0.3) is 11.1 Å². The normalized spacial score (nSPS) is 37.9. The summed E-state index contributed by atoms with van der Waals surface area (Å²) in [6.45, 7) is -24.8. The predicted octanol–water partition coefficient (Wildman–Crippen LogP) is 3.93. The van der Waals surface area contributed by atoms with Gasteiger partial charge in [0.2, 0.25) is 0 Å². The first kappa shape index (κ1) is 99.0. The third-order valence-corrected chi connectivity index (χ3v) is 31.6. The summed E-state index contributed by atoms with van der Waals surface area (Å²) in [7, 11) is 0. The number of imidazole rings is 6. The maximum atomic E-state index is 16.0. The number of halogens is 6. The minimum Gasteiger partial charge on any atom is -0.387 e. The molecule has 10 aliphatic rings. The predicted molar refractivity (Wildman–Crippen MR) is 471 cm³/mol. The van der Waals surface area contributed by atoms with E-state index in [1.807, 2.05) is 0 Å². The topological polar surface area (TPSA) is 668 Å². The van der Waals surface area contributed by atoms with E-state index in [-0.39, 0.29) is 105 Å². The van der Waals surface area contributed by atoms with Crippen LogP contribution in [0.5, 0.6) is 0 Å². The number of aryl methyl sites for hydroxylation is 3. The van der Waals surface area contributed by atoms with E-state index in [9.17, 15) is 43.4 Å². The van der Waals surface area contributed by atoms with E-state index in [2.05, 4.69) is 97.0 Å². The lowest BCUT2D eigenvalue weighted by molar-refractivity contribution is -0.0586. The van der Waals surface area contributed by atoms with Gasteiger partial charge in [-0.05, 0) is 79.8 Å². The van der Waals surface area contributed by atoms with Gasteiger partial charge in [0, 0.05) is 0 Å². The quantitative estimate of drug-likeness (QED) is 0.0638. The molecular formula is C65H74F6N26O27P6S6. The van der Waals surface area contributed by atoms with Crippen molar-refractivity contribution in [2.24, 2.45) is 10.7 Å². The third-order valence-electron chi connectivity index (χ3n) is 22.2. The number of thiol groups is 1. The molecule has 0 radical (unpaired) electrons. The largest absolute Gasteiger partial charge is 0.387 e. The molecular weight excluding hydrogens is 2070 g/mol. The summed E-state index contributed by atoms with van der Waals surface area (Å²) in [6, 6.07) is 0. The van der Waals surface area contributed by atoms with Crippen LogP contribution in [0.3, 0.4) is 0 Å². The van der Waals surface area contributed by atoms with Crippen LogP contribution in [0.15, 0.2) is 71.5 Å². The van der Waals surface area contributed by atoms with E-state index in [0.717, 1.165) is 34.4 Å². The number of ether oxygens (including phenoxy) is 6. The monoisotopic (exact) mass is 2140 g/mol. The van der Waals surface area contributed by atoms with Crippen LogP contribution in [-0.4, -0.2) is 293 Å². The zero-order valence-corrected chi connectivity index (χ0v) is 78.6. The minimum atomic E-state index is -4.36. The molecule has 10 aliphatic heterocycles. The van der Waals surface area contributed by atoms with Crippen LogP contribution in [0.25, 0.3) is 55.8 Å². The van der Waals surface area contributed by atoms with Crippen LogP contribution in [0.1, 0.15) is 79.0 Å². The van der Waals surface area contributed by atoms with Gasteiger partial charge in [0.15, 0.2) is 143 Å². The number of Topliss-reactive ketones (excluding diaryl/α,β-unsaturated/α-hetero) is 1. The Balaban J connectivity index is 0.000000135. The van der Waals surface area contributed by atoms with Gasteiger partial charge in [0.05, 0.1) is 89.7 Å². The average Bonchev–Trinajstić information content (AvgIpc) is 1.63. The molecule has 0 spiro atoms. The fourth-order valence-corrected chi connectivity index (χ4v) is 24.8. The van der Waals surface area contributed by atoms with Gasteiger partial charge in [-0.25, -0.2) is 106 Å². The number of nitrogens with two attached hydrogens (primary N) is 3. The number of carbonyl (C=O) groups is 1. The van der Waals surface area contributed by atoms with Crippen LogP contribution in [0.4, 0.5) is 43.8 Å². The highest BCUT2D eigenvalue weighted by Crippen LogP contribution is 2.62. The summed E-state index contributed by atoms with van der Waals surface area (Å²) in [5.74, 6) is 0.0918. The minimum absolute atomic E-state index is 0. The van der Waals surface area contributed by atoms with E-state index < -0.39 is 245 Å². The lowest BCUT2D eigenvalue weighted by atomic mass is 10.1. The number of anilines is 2. The van der Waals surface area contributed by atoms with Crippen molar-refractivity contribution in [3.63, 3.8) is 0 Å². The Bertz CT molecular complexity index is 6860.